The third kappa shape index (κ3) is 2.33. The van der Waals surface area contributed by atoms with E-state index in [4.69, 9.17) is 0 Å². The molecule has 4 nitrogen and oxygen atoms in total. The maximum Gasteiger partial charge on any atom is 0.281 e. The molecule has 6 heteroatoms. The maximum absolute atomic E-state index is 13.9. The number of aromatic nitrogens is 1. The van der Waals surface area contributed by atoms with Crippen molar-refractivity contribution < 1.29 is 9.31 Å². The van der Waals surface area contributed by atoms with Crippen LogP contribution in [0, 0.1) is 15.9 Å². The molecule has 0 N–H and O–H groups in total. The summed E-state index contributed by atoms with van der Waals surface area (Å²) in [6, 6.07) is 4.16. The summed E-state index contributed by atoms with van der Waals surface area (Å²) in [5, 5.41) is 11.3. The molecule has 1 aromatic carbocycles. The number of fused-ring (bicyclic) bond motifs is 1. The van der Waals surface area contributed by atoms with Crippen LogP contribution in [0.15, 0.2) is 24.4 Å². The van der Waals surface area contributed by atoms with Gasteiger partial charge >= 0.3 is 0 Å². The van der Waals surface area contributed by atoms with Crippen LogP contribution in [-0.4, -0.2) is 14.7 Å². The second kappa shape index (κ2) is 4.97. The summed E-state index contributed by atoms with van der Waals surface area (Å²) in [5.41, 5.74) is 0.512. The maximum atomic E-state index is 13.9. The van der Waals surface area contributed by atoms with Gasteiger partial charge in [-0.25, -0.2) is 4.39 Å². The Morgan fingerprint density at radius 2 is 2.33 bits per heavy atom. The largest absolute Gasteiger partial charge is 0.281 e. The van der Waals surface area contributed by atoms with Crippen molar-refractivity contribution in [3.63, 3.8) is 0 Å². The van der Waals surface area contributed by atoms with Crippen molar-refractivity contribution in [2.75, 3.05) is 0 Å². The molecule has 2 aromatic rings. The van der Waals surface area contributed by atoms with Gasteiger partial charge in [-0.1, -0.05) is 22.9 Å². The van der Waals surface area contributed by atoms with Crippen molar-refractivity contribution in [1.29, 1.82) is 0 Å². The van der Waals surface area contributed by atoms with Gasteiger partial charge in [0.25, 0.3) is 5.69 Å². The highest BCUT2D eigenvalue weighted by Crippen LogP contribution is 2.30. The molecule has 18 heavy (non-hydrogen) atoms. The van der Waals surface area contributed by atoms with Gasteiger partial charge in [0, 0.05) is 16.6 Å². The lowest BCUT2D eigenvalue weighted by atomic mass is 10.0. The van der Waals surface area contributed by atoms with Gasteiger partial charge in [0.1, 0.15) is 5.82 Å². The zero-order valence-corrected chi connectivity index (χ0v) is 11.1. The first kappa shape index (κ1) is 12.9. The number of nitro groups is 1. The molecule has 0 bridgehead atoms. The van der Waals surface area contributed by atoms with Gasteiger partial charge in [0.15, 0.2) is 0 Å². The summed E-state index contributed by atoms with van der Waals surface area (Å²) >= 11 is 3.35. The van der Waals surface area contributed by atoms with E-state index < -0.39 is 10.7 Å². The fourth-order valence-electron chi connectivity index (χ4n) is 1.88. The lowest BCUT2D eigenvalue weighted by Gasteiger charge is -2.09. The molecule has 0 saturated heterocycles. The van der Waals surface area contributed by atoms with Gasteiger partial charge in [-0.2, -0.15) is 0 Å². The zero-order valence-electron chi connectivity index (χ0n) is 9.56. The van der Waals surface area contributed by atoms with Crippen molar-refractivity contribution in [3.8, 4) is 0 Å². The van der Waals surface area contributed by atoms with Crippen molar-refractivity contribution in [3.05, 3.63) is 45.9 Å². The van der Waals surface area contributed by atoms with E-state index in [0.717, 1.165) is 6.07 Å². The number of alkyl halides is 1. The third-order valence-corrected chi connectivity index (χ3v) is 2.93. The number of pyridine rings is 1. The van der Waals surface area contributed by atoms with Crippen LogP contribution < -0.4 is 0 Å². The smallest absolute Gasteiger partial charge is 0.258 e. The Hall–Kier alpha value is -1.56. The van der Waals surface area contributed by atoms with Crippen molar-refractivity contribution in [1.82, 2.24) is 4.98 Å². The molecule has 1 aromatic heterocycles. The predicted molar refractivity (Wildman–Crippen MR) is 70.4 cm³/mol. The fraction of sp³-hybridized carbons (Fsp3) is 0.250. The molecule has 1 atom stereocenters. The van der Waals surface area contributed by atoms with E-state index in [-0.39, 0.29) is 10.5 Å². The number of benzene rings is 1. The quantitative estimate of drug-likeness (QED) is 0.494. The van der Waals surface area contributed by atoms with Gasteiger partial charge in [0.2, 0.25) is 0 Å². The summed E-state index contributed by atoms with van der Waals surface area (Å²) in [6.45, 7) is 1.88. The Kier molecular flexibility index (Phi) is 3.56. The summed E-state index contributed by atoms with van der Waals surface area (Å²) < 4.78 is 13.9. The van der Waals surface area contributed by atoms with Crippen molar-refractivity contribution in [2.45, 2.75) is 18.2 Å². The molecule has 1 unspecified atom stereocenters. The minimum Gasteiger partial charge on any atom is -0.258 e. The first-order valence-electron chi connectivity index (χ1n) is 5.35. The lowest BCUT2D eigenvalue weighted by molar-refractivity contribution is -0.383. The van der Waals surface area contributed by atoms with Gasteiger partial charge in [-0.15, -0.1) is 0 Å². The fourth-order valence-corrected chi connectivity index (χ4v) is 2.20. The highest BCUT2D eigenvalue weighted by atomic mass is 79.9. The van der Waals surface area contributed by atoms with Crippen LogP contribution in [0.2, 0.25) is 0 Å². The van der Waals surface area contributed by atoms with Crippen LogP contribution in [0.5, 0.6) is 0 Å². The highest BCUT2D eigenvalue weighted by Gasteiger charge is 2.20. The molecule has 94 valence electrons. The summed E-state index contributed by atoms with van der Waals surface area (Å²) in [7, 11) is 0. The van der Waals surface area contributed by atoms with Crippen LogP contribution in [0.1, 0.15) is 12.5 Å². The van der Waals surface area contributed by atoms with E-state index in [1.54, 1.807) is 12.1 Å². The first-order chi connectivity index (χ1) is 8.50. The van der Waals surface area contributed by atoms with E-state index in [1.807, 2.05) is 6.92 Å². The van der Waals surface area contributed by atoms with E-state index in [2.05, 4.69) is 20.9 Å². The van der Waals surface area contributed by atoms with E-state index in [0.29, 0.717) is 22.9 Å². The number of nitrogens with zero attached hydrogens (tertiary/aromatic N) is 2. The van der Waals surface area contributed by atoms with Crippen molar-refractivity contribution >= 4 is 32.5 Å². The normalized spacial score (nSPS) is 12.6. The topological polar surface area (TPSA) is 56.0 Å². The van der Waals surface area contributed by atoms with Crippen LogP contribution in [0.4, 0.5) is 10.1 Å². The van der Waals surface area contributed by atoms with Crippen LogP contribution in [0.25, 0.3) is 10.9 Å². The SMILES string of the molecule is CC(Br)Cc1c(F)cc([N+](=O)[O-])c2cccnc12. The summed E-state index contributed by atoms with van der Waals surface area (Å²) in [5.74, 6) is -0.584. The average Bonchev–Trinajstić information content (AvgIpc) is 2.31. The number of halogens is 2. The number of rotatable bonds is 3. The molecular weight excluding hydrogens is 303 g/mol. The summed E-state index contributed by atoms with van der Waals surface area (Å²) in [6.07, 6.45) is 1.94. The van der Waals surface area contributed by atoms with Crippen LogP contribution in [-0.2, 0) is 6.42 Å². The van der Waals surface area contributed by atoms with Crippen LogP contribution in [0.3, 0.4) is 0 Å². The molecule has 0 spiro atoms. The second-order valence-corrected chi connectivity index (χ2v) is 5.56. The highest BCUT2D eigenvalue weighted by molar-refractivity contribution is 9.09. The molecule has 0 radical (unpaired) electrons. The molecule has 1 heterocycles. The average molecular weight is 313 g/mol. The molecule has 0 aliphatic carbocycles. The Morgan fingerprint density at radius 3 is 2.94 bits per heavy atom. The Balaban J connectivity index is 2.77. The van der Waals surface area contributed by atoms with E-state index in [9.17, 15) is 14.5 Å². The minimum absolute atomic E-state index is 0.0682. The predicted octanol–water partition coefficient (Wildman–Crippen LogP) is 3.61. The molecule has 0 saturated carbocycles. The molecule has 0 aliphatic heterocycles. The number of hydrogen-bond acceptors (Lipinski definition) is 3. The first-order valence-corrected chi connectivity index (χ1v) is 6.27. The molecule has 0 amide bonds. The Morgan fingerprint density at radius 1 is 1.61 bits per heavy atom. The van der Waals surface area contributed by atoms with Crippen molar-refractivity contribution in [2.24, 2.45) is 0 Å². The van der Waals surface area contributed by atoms with Gasteiger partial charge < -0.3 is 0 Å². The monoisotopic (exact) mass is 312 g/mol. The number of nitro benzene ring substituents is 1. The second-order valence-electron chi connectivity index (χ2n) is 4.00. The number of non-ortho nitro benzene ring substituents is 1. The van der Waals surface area contributed by atoms with Gasteiger partial charge in [-0.3, -0.25) is 15.1 Å². The third-order valence-electron chi connectivity index (χ3n) is 2.60. The Labute approximate surface area is 111 Å². The molecular formula is C12H10BrFN2O2. The standard InChI is InChI=1S/C12H10BrFN2O2/c1-7(13)5-9-10(14)6-11(16(17)18)8-3-2-4-15-12(8)9/h2-4,6-7H,5H2,1H3. The molecule has 0 aliphatic rings. The molecule has 2 rings (SSSR count). The number of hydrogen-bond donors (Lipinski definition) is 0. The van der Waals surface area contributed by atoms with E-state index in [1.165, 1.54) is 6.20 Å². The van der Waals surface area contributed by atoms with E-state index >= 15 is 0 Å². The van der Waals surface area contributed by atoms with Gasteiger partial charge in [0.05, 0.1) is 21.9 Å². The Bertz CT molecular complexity index is 616. The van der Waals surface area contributed by atoms with Crippen LogP contribution >= 0.6 is 15.9 Å². The lowest BCUT2D eigenvalue weighted by Crippen LogP contribution is -2.03. The zero-order chi connectivity index (χ0) is 13.3. The molecule has 0 fully saturated rings. The van der Waals surface area contributed by atoms with Gasteiger partial charge in [-0.05, 0) is 18.6 Å². The summed E-state index contributed by atoms with van der Waals surface area (Å²) in [4.78, 5) is 14.5. The minimum atomic E-state index is -0.589.